The van der Waals surface area contributed by atoms with Gasteiger partial charge in [0.1, 0.15) is 19.0 Å². The lowest BCUT2D eigenvalue weighted by Gasteiger charge is -2.22. The number of halogens is 2. The van der Waals surface area contributed by atoms with Crippen LogP contribution in [0.1, 0.15) is 6.42 Å². The molecule has 2 aromatic carbocycles. The van der Waals surface area contributed by atoms with Crippen molar-refractivity contribution >= 4 is 39.2 Å². The third kappa shape index (κ3) is 3.89. The Morgan fingerprint density at radius 1 is 1.14 bits per heavy atom. The summed E-state index contributed by atoms with van der Waals surface area (Å²) in [6, 6.07) is 8.69. The monoisotopic (exact) mass is 449 g/mol. The molecule has 146 valence electrons. The molecule has 2 N–H and O–H groups in total. The van der Waals surface area contributed by atoms with E-state index in [1.165, 1.54) is 12.1 Å². The molecular weight excluding hydrogens is 433 g/mol. The zero-order valence-corrected chi connectivity index (χ0v) is 16.3. The van der Waals surface area contributed by atoms with Crippen LogP contribution in [0.5, 0.6) is 11.5 Å². The largest absolute Gasteiger partial charge is 0.486 e. The Kier molecular flexibility index (Phi) is 5.08. The predicted molar refractivity (Wildman–Crippen MR) is 104 cm³/mol. The molecule has 9 heteroatoms. The molecular formula is C19H17BrFN3O4. The molecule has 1 atom stereocenters. The normalized spacial score (nSPS) is 18.1. The molecule has 0 radical (unpaired) electrons. The number of benzene rings is 2. The molecule has 0 aliphatic carbocycles. The number of anilines is 2. The summed E-state index contributed by atoms with van der Waals surface area (Å²) in [7, 11) is 0. The number of rotatable bonds is 3. The number of fused-ring (bicyclic) bond motifs is 1. The van der Waals surface area contributed by atoms with E-state index in [1.54, 1.807) is 29.2 Å². The smallest absolute Gasteiger partial charge is 0.319 e. The Balaban J connectivity index is 1.40. The van der Waals surface area contributed by atoms with Crippen LogP contribution in [0, 0.1) is 5.82 Å². The second-order valence-corrected chi connectivity index (χ2v) is 7.37. The standard InChI is InChI=1S/C19H17BrFN3O4/c20-11-1-3-15(14(21)7-11)23-19(26)22-12-8-18(25)24(10-12)13-2-4-16-17(9-13)28-6-5-27-16/h1-4,7,9,12H,5-6,8,10H2,(H2,22,23,26)/t12-/m1/s1. The highest BCUT2D eigenvalue weighted by Gasteiger charge is 2.32. The van der Waals surface area contributed by atoms with Crippen molar-refractivity contribution in [1.29, 1.82) is 0 Å². The molecule has 0 bridgehead atoms. The van der Waals surface area contributed by atoms with Crippen LogP contribution >= 0.6 is 15.9 Å². The van der Waals surface area contributed by atoms with Gasteiger partial charge in [0.05, 0.1) is 11.7 Å². The van der Waals surface area contributed by atoms with Crippen LogP contribution < -0.4 is 25.0 Å². The van der Waals surface area contributed by atoms with Gasteiger partial charge in [-0.2, -0.15) is 0 Å². The number of ether oxygens (including phenoxy) is 2. The summed E-state index contributed by atoms with van der Waals surface area (Å²) in [5.41, 5.74) is 0.742. The predicted octanol–water partition coefficient (Wildman–Crippen LogP) is 3.29. The molecule has 2 aliphatic heterocycles. The molecule has 2 heterocycles. The lowest BCUT2D eigenvalue weighted by molar-refractivity contribution is -0.117. The fourth-order valence-corrected chi connectivity index (χ4v) is 3.52. The van der Waals surface area contributed by atoms with E-state index in [2.05, 4.69) is 26.6 Å². The van der Waals surface area contributed by atoms with Gasteiger partial charge in [-0.1, -0.05) is 15.9 Å². The van der Waals surface area contributed by atoms with Gasteiger partial charge in [-0.25, -0.2) is 9.18 Å². The van der Waals surface area contributed by atoms with E-state index in [9.17, 15) is 14.0 Å². The molecule has 0 spiro atoms. The van der Waals surface area contributed by atoms with Crippen LogP contribution in [0.15, 0.2) is 40.9 Å². The number of carbonyl (C=O) groups excluding carboxylic acids is 2. The Bertz CT molecular complexity index is 939. The Morgan fingerprint density at radius 3 is 2.71 bits per heavy atom. The molecule has 2 aromatic rings. The van der Waals surface area contributed by atoms with Gasteiger partial charge < -0.3 is 25.0 Å². The fraction of sp³-hybridized carbons (Fsp3) is 0.263. The second kappa shape index (κ2) is 7.67. The van der Waals surface area contributed by atoms with Gasteiger partial charge in [-0.15, -0.1) is 0 Å². The highest BCUT2D eigenvalue weighted by molar-refractivity contribution is 9.10. The number of carbonyl (C=O) groups is 2. The van der Waals surface area contributed by atoms with Crippen molar-refractivity contribution in [3.8, 4) is 11.5 Å². The van der Waals surface area contributed by atoms with Gasteiger partial charge in [0.15, 0.2) is 11.5 Å². The van der Waals surface area contributed by atoms with Crippen molar-refractivity contribution in [2.75, 3.05) is 30.0 Å². The van der Waals surface area contributed by atoms with Crippen molar-refractivity contribution in [1.82, 2.24) is 5.32 Å². The van der Waals surface area contributed by atoms with Crippen LogP contribution in [-0.2, 0) is 4.79 Å². The van der Waals surface area contributed by atoms with E-state index in [0.717, 1.165) is 0 Å². The van der Waals surface area contributed by atoms with E-state index in [-0.39, 0.29) is 24.1 Å². The summed E-state index contributed by atoms with van der Waals surface area (Å²) in [5, 5.41) is 5.18. The number of amides is 3. The third-order valence-corrected chi connectivity index (χ3v) is 4.97. The van der Waals surface area contributed by atoms with Gasteiger partial charge in [0.25, 0.3) is 0 Å². The first-order valence-corrected chi connectivity index (χ1v) is 9.51. The zero-order chi connectivity index (χ0) is 19.7. The average Bonchev–Trinajstić information content (AvgIpc) is 3.03. The molecule has 4 rings (SSSR count). The number of nitrogens with one attached hydrogen (secondary N) is 2. The SMILES string of the molecule is O=C(Nc1ccc(Br)cc1F)N[C@@H]1CC(=O)N(c2ccc3c(c2)OCCO3)C1. The molecule has 28 heavy (non-hydrogen) atoms. The van der Waals surface area contributed by atoms with Crippen LogP contribution in [0.3, 0.4) is 0 Å². The first-order valence-electron chi connectivity index (χ1n) is 8.72. The Hall–Kier alpha value is -2.81. The quantitative estimate of drug-likeness (QED) is 0.753. The first kappa shape index (κ1) is 18.5. The Labute approximate surface area is 168 Å². The summed E-state index contributed by atoms with van der Waals surface area (Å²) in [6.45, 7) is 1.27. The van der Waals surface area contributed by atoms with Gasteiger partial charge in [-0.3, -0.25) is 4.79 Å². The molecule has 3 amide bonds. The summed E-state index contributed by atoms with van der Waals surface area (Å²) >= 11 is 3.16. The van der Waals surface area contributed by atoms with E-state index in [4.69, 9.17) is 9.47 Å². The molecule has 2 aliphatic rings. The van der Waals surface area contributed by atoms with E-state index in [0.29, 0.717) is 41.4 Å². The van der Waals surface area contributed by atoms with Crippen LogP contribution in [0.4, 0.5) is 20.6 Å². The van der Waals surface area contributed by atoms with Crippen molar-refractivity contribution < 1.29 is 23.5 Å². The van der Waals surface area contributed by atoms with Gasteiger partial charge in [0, 0.05) is 29.2 Å². The minimum atomic E-state index is -0.567. The first-order chi connectivity index (χ1) is 13.5. The second-order valence-electron chi connectivity index (χ2n) is 6.46. The van der Waals surface area contributed by atoms with E-state index < -0.39 is 11.8 Å². The summed E-state index contributed by atoms with van der Waals surface area (Å²) in [5.74, 6) is 0.574. The Morgan fingerprint density at radius 2 is 1.93 bits per heavy atom. The van der Waals surface area contributed by atoms with Crippen molar-refractivity contribution in [3.63, 3.8) is 0 Å². The maximum Gasteiger partial charge on any atom is 0.319 e. The minimum absolute atomic E-state index is 0.0636. The summed E-state index contributed by atoms with van der Waals surface area (Å²) in [4.78, 5) is 26.2. The lowest BCUT2D eigenvalue weighted by atomic mass is 10.2. The number of hydrogen-bond acceptors (Lipinski definition) is 4. The maximum atomic E-state index is 13.9. The van der Waals surface area contributed by atoms with E-state index >= 15 is 0 Å². The zero-order valence-electron chi connectivity index (χ0n) is 14.7. The number of nitrogens with zero attached hydrogens (tertiary/aromatic N) is 1. The van der Waals surface area contributed by atoms with E-state index in [1.807, 2.05) is 0 Å². The summed E-state index contributed by atoms with van der Waals surface area (Å²) in [6.07, 6.45) is 0.157. The van der Waals surface area contributed by atoms with Crippen molar-refractivity contribution in [2.45, 2.75) is 12.5 Å². The number of hydrogen-bond donors (Lipinski definition) is 2. The van der Waals surface area contributed by atoms with Crippen molar-refractivity contribution in [3.05, 3.63) is 46.7 Å². The summed E-state index contributed by atoms with van der Waals surface area (Å²) < 4.78 is 25.5. The molecule has 0 unspecified atom stereocenters. The lowest BCUT2D eigenvalue weighted by Crippen LogP contribution is -2.39. The van der Waals surface area contributed by atoms with Gasteiger partial charge in [0.2, 0.25) is 5.91 Å². The molecule has 0 aromatic heterocycles. The van der Waals surface area contributed by atoms with Crippen LogP contribution in [-0.4, -0.2) is 37.7 Å². The molecule has 1 fully saturated rings. The topological polar surface area (TPSA) is 79.9 Å². The maximum absolute atomic E-state index is 13.9. The van der Waals surface area contributed by atoms with Gasteiger partial charge >= 0.3 is 6.03 Å². The van der Waals surface area contributed by atoms with Crippen LogP contribution in [0.25, 0.3) is 0 Å². The fourth-order valence-electron chi connectivity index (χ4n) is 3.19. The molecule has 0 saturated carbocycles. The van der Waals surface area contributed by atoms with Crippen LogP contribution in [0.2, 0.25) is 0 Å². The molecule has 1 saturated heterocycles. The highest BCUT2D eigenvalue weighted by atomic mass is 79.9. The van der Waals surface area contributed by atoms with Gasteiger partial charge in [-0.05, 0) is 30.3 Å². The highest BCUT2D eigenvalue weighted by Crippen LogP contribution is 2.35. The number of urea groups is 1. The molecule has 7 nitrogen and oxygen atoms in total. The average molecular weight is 450 g/mol. The third-order valence-electron chi connectivity index (χ3n) is 4.48. The van der Waals surface area contributed by atoms with Crippen molar-refractivity contribution in [2.24, 2.45) is 0 Å². The minimum Gasteiger partial charge on any atom is -0.486 e.